The van der Waals surface area contributed by atoms with Crippen molar-refractivity contribution < 1.29 is 4.79 Å². The third-order valence-electron chi connectivity index (χ3n) is 2.79. The average Bonchev–Trinajstić information content (AvgIpc) is 2.21. The number of halogens is 1. The molecule has 0 aliphatic carbocycles. The summed E-state index contributed by atoms with van der Waals surface area (Å²) in [4.78, 5) is 14.0. The second kappa shape index (κ2) is 3.77. The van der Waals surface area contributed by atoms with Crippen LogP contribution in [0.3, 0.4) is 0 Å². The van der Waals surface area contributed by atoms with Crippen LogP contribution in [0.4, 0.5) is 11.4 Å². The molecular weight excluding hydrogens is 268 g/mol. The first-order valence-corrected chi connectivity index (χ1v) is 6.14. The third kappa shape index (κ3) is 1.71. The van der Waals surface area contributed by atoms with Crippen LogP contribution < -0.4 is 10.2 Å². The Labute approximate surface area is 104 Å². The smallest absolute Gasteiger partial charge is 0.252 e. The highest BCUT2D eigenvalue weighted by Gasteiger charge is 2.37. The Kier molecular flexibility index (Phi) is 2.70. The molecule has 0 aromatic heterocycles. The van der Waals surface area contributed by atoms with Gasteiger partial charge in [0.25, 0.3) is 5.91 Å². The van der Waals surface area contributed by atoms with Crippen LogP contribution >= 0.6 is 15.9 Å². The normalized spacial score (nSPS) is 18.0. The number of rotatable bonds is 1. The first-order chi connectivity index (χ1) is 7.45. The summed E-state index contributed by atoms with van der Waals surface area (Å²) < 4.78 is 0.985. The van der Waals surface area contributed by atoms with E-state index in [9.17, 15) is 4.79 Å². The molecule has 3 nitrogen and oxygen atoms in total. The Bertz CT molecular complexity index is 443. The first kappa shape index (κ1) is 11.5. The molecule has 16 heavy (non-hydrogen) atoms. The van der Waals surface area contributed by atoms with Crippen LogP contribution in [0.5, 0.6) is 0 Å². The molecule has 0 saturated heterocycles. The fourth-order valence-electron chi connectivity index (χ4n) is 1.98. The Morgan fingerprint density at radius 3 is 2.75 bits per heavy atom. The van der Waals surface area contributed by atoms with Gasteiger partial charge < -0.3 is 10.2 Å². The zero-order chi connectivity index (χ0) is 11.9. The van der Waals surface area contributed by atoms with E-state index in [0.717, 1.165) is 15.8 Å². The molecule has 0 unspecified atom stereocenters. The number of hydrogen-bond donors (Lipinski definition) is 1. The fraction of sp³-hybridized carbons (Fsp3) is 0.417. The standard InChI is InChI=1S/C12H15BrN2O/c1-4-15-10-7-8(13)5-6-9(10)14-12(2,3)11(15)16/h5-7,14H,4H2,1-3H3. The molecule has 1 N–H and O–H groups in total. The summed E-state index contributed by atoms with van der Waals surface area (Å²) in [6.45, 7) is 6.49. The minimum atomic E-state index is -0.531. The average molecular weight is 283 g/mol. The zero-order valence-corrected chi connectivity index (χ0v) is 11.3. The summed E-state index contributed by atoms with van der Waals surface area (Å²) in [5, 5.41) is 3.27. The van der Waals surface area contributed by atoms with Crippen molar-refractivity contribution in [1.82, 2.24) is 0 Å². The monoisotopic (exact) mass is 282 g/mol. The van der Waals surface area contributed by atoms with Gasteiger partial charge in [-0.2, -0.15) is 0 Å². The minimum absolute atomic E-state index is 0.112. The number of carbonyl (C=O) groups excluding carboxylic acids is 1. The lowest BCUT2D eigenvalue weighted by atomic mass is 9.98. The summed E-state index contributed by atoms with van der Waals surface area (Å²) >= 11 is 3.43. The van der Waals surface area contributed by atoms with Gasteiger partial charge in [-0.1, -0.05) is 15.9 Å². The Morgan fingerprint density at radius 2 is 2.12 bits per heavy atom. The van der Waals surface area contributed by atoms with Crippen molar-refractivity contribution >= 4 is 33.2 Å². The molecule has 0 atom stereocenters. The predicted molar refractivity (Wildman–Crippen MR) is 69.9 cm³/mol. The van der Waals surface area contributed by atoms with Crippen LogP contribution in [-0.4, -0.2) is 18.0 Å². The van der Waals surface area contributed by atoms with Crippen LogP contribution in [0.25, 0.3) is 0 Å². The number of fused-ring (bicyclic) bond motifs is 1. The van der Waals surface area contributed by atoms with E-state index < -0.39 is 5.54 Å². The quantitative estimate of drug-likeness (QED) is 0.859. The topological polar surface area (TPSA) is 32.3 Å². The lowest BCUT2D eigenvalue weighted by Gasteiger charge is -2.39. The maximum Gasteiger partial charge on any atom is 0.252 e. The van der Waals surface area contributed by atoms with Gasteiger partial charge in [0, 0.05) is 11.0 Å². The Hall–Kier alpha value is -1.03. The first-order valence-electron chi connectivity index (χ1n) is 5.35. The van der Waals surface area contributed by atoms with Crippen molar-refractivity contribution in [3.63, 3.8) is 0 Å². The summed E-state index contributed by atoms with van der Waals surface area (Å²) in [6, 6.07) is 5.95. The summed E-state index contributed by atoms with van der Waals surface area (Å²) in [6.07, 6.45) is 0. The van der Waals surface area contributed by atoms with E-state index >= 15 is 0 Å². The molecule has 1 aromatic carbocycles. The van der Waals surface area contributed by atoms with Crippen LogP contribution in [0.1, 0.15) is 20.8 Å². The van der Waals surface area contributed by atoms with Crippen LogP contribution in [-0.2, 0) is 4.79 Å². The van der Waals surface area contributed by atoms with Gasteiger partial charge in [-0.05, 0) is 39.0 Å². The summed E-state index contributed by atoms with van der Waals surface area (Å²) in [7, 11) is 0. The molecule has 86 valence electrons. The Balaban J connectivity index is 2.56. The zero-order valence-electron chi connectivity index (χ0n) is 9.67. The lowest BCUT2D eigenvalue weighted by Crippen LogP contribution is -2.53. The molecule has 4 heteroatoms. The highest BCUT2D eigenvalue weighted by Crippen LogP contribution is 2.36. The highest BCUT2D eigenvalue weighted by molar-refractivity contribution is 9.10. The number of benzene rings is 1. The van der Waals surface area contributed by atoms with E-state index in [4.69, 9.17) is 0 Å². The molecular formula is C12H15BrN2O. The molecule has 0 fully saturated rings. The number of carbonyl (C=O) groups is 1. The van der Waals surface area contributed by atoms with Crippen LogP contribution in [0, 0.1) is 0 Å². The van der Waals surface area contributed by atoms with Crippen LogP contribution in [0.15, 0.2) is 22.7 Å². The predicted octanol–water partition coefficient (Wildman–Crippen LogP) is 3.01. The van der Waals surface area contributed by atoms with Crippen molar-refractivity contribution in [1.29, 1.82) is 0 Å². The van der Waals surface area contributed by atoms with E-state index in [1.165, 1.54) is 0 Å². The largest absolute Gasteiger partial charge is 0.370 e. The second-order valence-corrected chi connectivity index (χ2v) is 5.38. The Morgan fingerprint density at radius 1 is 1.44 bits per heavy atom. The maximum atomic E-state index is 12.2. The molecule has 0 saturated carbocycles. The minimum Gasteiger partial charge on any atom is -0.370 e. The molecule has 1 aromatic rings. The van der Waals surface area contributed by atoms with Crippen molar-refractivity contribution in [2.45, 2.75) is 26.3 Å². The van der Waals surface area contributed by atoms with E-state index in [1.54, 1.807) is 0 Å². The van der Waals surface area contributed by atoms with Gasteiger partial charge in [0.2, 0.25) is 0 Å². The van der Waals surface area contributed by atoms with Crippen molar-refractivity contribution in [2.24, 2.45) is 0 Å². The van der Waals surface area contributed by atoms with Gasteiger partial charge in [-0.25, -0.2) is 0 Å². The van der Waals surface area contributed by atoms with Gasteiger partial charge in [0.05, 0.1) is 11.4 Å². The molecule has 1 aliphatic rings. The van der Waals surface area contributed by atoms with Gasteiger partial charge in [-0.3, -0.25) is 4.79 Å². The van der Waals surface area contributed by atoms with E-state index in [2.05, 4.69) is 21.2 Å². The van der Waals surface area contributed by atoms with Crippen molar-refractivity contribution in [3.05, 3.63) is 22.7 Å². The number of nitrogens with zero attached hydrogens (tertiary/aromatic N) is 1. The van der Waals surface area contributed by atoms with Gasteiger partial charge in [0.1, 0.15) is 5.54 Å². The highest BCUT2D eigenvalue weighted by atomic mass is 79.9. The molecule has 1 heterocycles. The van der Waals surface area contributed by atoms with Crippen LogP contribution in [0.2, 0.25) is 0 Å². The van der Waals surface area contributed by atoms with Crippen molar-refractivity contribution in [3.8, 4) is 0 Å². The fourth-order valence-corrected chi connectivity index (χ4v) is 2.33. The van der Waals surface area contributed by atoms with E-state index in [1.807, 2.05) is 43.9 Å². The van der Waals surface area contributed by atoms with E-state index in [0.29, 0.717) is 6.54 Å². The second-order valence-electron chi connectivity index (χ2n) is 4.46. The number of hydrogen-bond acceptors (Lipinski definition) is 2. The number of anilines is 2. The van der Waals surface area contributed by atoms with E-state index in [-0.39, 0.29) is 5.91 Å². The summed E-state index contributed by atoms with van der Waals surface area (Å²) in [5.41, 5.74) is 1.42. The number of nitrogens with one attached hydrogen (secondary N) is 1. The number of amides is 1. The summed E-state index contributed by atoms with van der Waals surface area (Å²) in [5.74, 6) is 0.112. The van der Waals surface area contributed by atoms with Gasteiger partial charge in [-0.15, -0.1) is 0 Å². The molecule has 1 aliphatic heterocycles. The molecule has 0 radical (unpaired) electrons. The van der Waals surface area contributed by atoms with Crippen molar-refractivity contribution in [2.75, 3.05) is 16.8 Å². The SMILES string of the molecule is CCN1C(=O)C(C)(C)Nc2ccc(Br)cc21. The molecule has 2 rings (SSSR count). The number of likely N-dealkylation sites (N-methyl/N-ethyl adjacent to an activating group) is 1. The third-order valence-corrected chi connectivity index (χ3v) is 3.29. The van der Waals surface area contributed by atoms with Gasteiger partial charge in [0.15, 0.2) is 0 Å². The lowest BCUT2D eigenvalue weighted by molar-refractivity contribution is -0.122. The van der Waals surface area contributed by atoms with Gasteiger partial charge >= 0.3 is 0 Å². The maximum absolute atomic E-state index is 12.2. The molecule has 0 bridgehead atoms. The molecule has 0 spiro atoms. The molecule has 1 amide bonds.